The monoisotopic (exact) mass is 262 g/mol. The van der Waals surface area contributed by atoms with Crippen LogP contribution in [0.1, 0.15) is 37.2 Å². The van der Waals surface area contributed by atoms with Gasteiger partial charge in [-0.25, -0.2) is 9.97 Å². The normalized spacial score (nSPS) is 12.2. The van der Waals surface area contributed by atoms with E-state index < -0.39 is 0 Å². The molecule has 2 heterocycles. The molecule has 0 radical (unpaired) electrons. The number of oxazole rings is 1. The largest absolute Gasteiger partial charge is 0.478 e. The quantitative estimate of drug-likeness (QED) is 0.893. The summed E-state index contributed by atoms with van der Waals surface area (Å²) in [6.45, 7) is 8.19. The number of rotatable bonds is 5. The maximum atomic E-state index is 5.47. The Morgan fingerprint density at radius 1 is 1.37 bits per heavy atom. The lowest BCUT2D eigenvalue weighted by Crippen LogP contribution is -2.11. The molecule has 6 heteroatoms. The van der Waals surface area contributed by atoms with E-state index in [1.165, 1.54) is 0 Å². The molecule has 6 nitrogen and oxygen atoms in total. The zero-order valence-corrected chi connectivity index (χ0v) is 11.6. The molecule has 0 aliphatic rings. The fourth-order valence-electron chi connectivity index (χ4n) is 1.65. The smallest absolute Gasteiger partial charge is 0.226 e. The number of aromatic nitrogens is 3. The number of anilines is 1. The van der Waals surface area contributed by atoms with E-state index in [1.807, 2.05) is 27.7 Å². The standard InChI is InChI=1S/C13H18N4O2/c1-5-18-11-6-8(2)15-13(17-11)16-10(4)12-14-7-9(3)19-12/h6-7,10H,5H2,1-4H3,(H,15,16,17). The number of hydrogen-bond acceptors (Lipinski definition) is 6. The first-order chi connectivity index (χ1) is 9.08. The minimum atomic E-state index is -0.107. The average Bonchev–Trinajstić information content (AvgIpc) is 2.75. The van der Waals surface area contributed by atoms with E-state index >= 15 is 0 Å². The number of aryl methyl sites for hydroxylation is 2. The average molecular weight is 262 g/mol. The lowest BCUT2D eigenvalue weighted by Gasteiger charge is -2.12. The van der Waals surface area contributed by atoms with Crippen molar-refractivity contribution in [2.45, 2.75) is 33.7 Å². The topological polar surface area (TPSA) is 73.1 Å². The Kier molecular flexibility index (Phi) is 3.99. The van der Waals surface area contributed by atoms with Crippen LogP contribution in [0.15, 0.2) is 16.7 Å². The van der Waals surface area contributed by atoms with Crippen molar-refractivity contribution in [2.75, 3.05) is 11.9 Å². The van der Waals surface area contributed by atoms with Gasteiger partial charge in [0.05, 0.1) is 12.8 Å². The van der Waals surface area contributed by atoms with E-state index in [-0.39, 0.29) is 6.04 Å². The van der Waals surface area contributed by atoms with Crippen LogP contribution in [0.4, 0.5) is 5.95 Å². The molecule has 0 spiro atoms. The fraction of sp³-hybridized carbons (Fsp3) is 0.462. The van der Waals surface area contributed by atoms with Crippen LogP contribution < -0.4 is 10.1 Å². The second-order valence-electron chi connectivity index (χ2n) is 4.28. The summed E-state index contributed by atoms with van der Waals surface area (Å²) < 4.78 is 10.9. The first-order valence-electron chi connectivity index (χ1n) is 6.26. The number of nitrogens with one attached hydrogen (secondary N) is 1. The molecule has 19 heavy (non-hydrogen) atoms. The predicted octanol–water partition coefficient (Wildman–Crippen LogP) is 2.65. The highest BCUT2D eigenvalue weighted by molar-refractivity contribution is 5.32. The Balaban J connectivity index is 2.14. The van der Waals surface area contributed by atoms with Crippen LogP contribution in [-0.4, -0.2) is 21.6 Å². The van der Waals surface area contributed by atoms with Gasteiger partial charge in [-0.2, -0.15) is 4.98 Å². The summed E-state index contributed by atoms with van der Waals surface area (Å²) >= 11 is 0. The summed E-state index contributed by atoms with van der Waals surface area (Å²) in [5.41, 5.74) is 0.844. The fourth-order valence-corrected chi connectivity index (χ4v) is 1.65. The van der Waals surface area contributed by atoms with Crippen LogP contribution in [0.5, 0.6) is 5.88 Å². The summed E-state index contributed by atoms with van der Waals surface area (Å²) in [5, 5.41) is 3.15. The van der Waals surface area contributed by atoms with Crippen molar-refractivity contribution < 1.29 is 9.15 Å². The van der Waals surface area contributed by atoms with E-state index in [2.05, 4.69) is 20.3 Å². The molecular weight excluding hydrogens is 244 g/mol. The molecule has 0 saturated carbocycles. The number of ether oxygens (including phenoxy) is 1. The van der Waals surface area contributed by atoms with Crippen LogP contribution in [0.2, 0.25) is 0 Å². The lowest BCUT2D eigenvalue weighted by molar-refractivity contribution is 0.326. The molecule has 0 fully saturated rings. The molecule has 1 atom stereocenters. The Labute approximate surface area is 112 Å². The van der Waals surface area contributed by atoms with Gasteiger partial charge < -0.3 is 14.5 Å². The Morgan fingerprint density at radius 2 is 2.16 bits per heavy atom. The van der Waals surface area contributed by atoms with Crippen LogP contribution in [-0.2, 0) is 0 Å². The van der Waals surface area contributed by atoms with E-state index in [9.17, 15) is 0 Å². The zero-order chi connectivity index (χ0) is 13.8. The molecule has 0 saturated heterocycles. The third-order valence-corrected chi connectivity index (χ3v) is 2.48. The predicted molar refractivity (Wildman–Crippen MR) is 71.2 cm³/mol. The Hall–Kier alpha value is -2.11. The molecule has 2 aromatic rings. The van der Waals surface area contributed by atoms with Crippen molar-refractivity contribution in [3.05, 3.63) is 29.6 Å². The molecule has 0 aliphatic heterocycles. The third-order valence-electron chi connectivity index (χ3n) is 2.48. The van der Waals surface area contributed by atoms with Gasteiger partial charge in [-0.1, -0.05) is 0 Å². The second kappa shape index (κ2) is 5.69. The lowest BCUT2D eigenvalue weighted by atomic mass is 10.3. The minimum Gasteiger partial charge on any atom is -0.478 e. The van der Waals surface area contributed by atoms with E-state index in [4.69, 9.17) is 9.15 Å². The van der Waals surface area contributed by atoms with E-state index in [1.54, 1.807) is 12.3 Å². The maximum absolute atomic E-state index is 5.47. The molecule has 1 N–H and O–H groups in total. The third kappa shape index (κ3) is 3.43. The van der Waals surface area contributed by atoms with E-state index in [0.29, 0.717) is 24.3 Å². The SMILES string of the molecule is CCOc1cc(C)nc(NC(C)c2ncc(C)o2)n1. The van der Waals surface area contributed by atoms with Gasteiger partial charge in [0.25, 0.3) is 0 Å². The highest BCUT2D eigenvalue weighted by atomic mass is 16.5. The highest BCUT2D eigenvalue weighted by Gasteiger charge is 2.13. The van der Waals surface area contributed by atoms with Crippen LogP contribution >= 0.6 is 0 Å². The Morgan fingerprint density at radius 3 is 2.79 bits per heavy atom. The van der Waals surface area contributed by atoms with Crippen molar-refractivity contribution >= 4 is 5.95 Å². The van der Waals surface area contributed by atoms with Crippen LogP contribution in [0, 0.1) is 13.8 Å². The summed E-state index contributed by atoms with van der Waals surface area (Å²) in [7, 11) is 0. The molecule has 0 aliphatic carbocycles. The zero-order valence-electron chi connectivity index (χ0n) is 11.6. The summed E-state index contributed by atoms with van der Waals surface area (Å²) in [4.78, 5) is 12.8. The molecule has 1 unspecified atom stereocenters. The number of nitrogens with zero attached hydrogens (tertiary/aromatic N) is 3. The van der Waals surface area contributed by atoms with Crippen molar-refractivity contribution in [1.82, 2.24) is 15.0 Å². The van der Waals surface area contributed by atoms with Gasteiger partial charge in [0.2, 0.25) is 17.7 Å². The van der Waals surface area contributed by atoms with Crippen molar-refractivity contribution in [2.24, 2.45) is 0 Å². The summed E-state index contributed by atoms with van der Waals surface area (Å²) in [6, 6.07) is 1.69. The molecule has 0 bridgehead atoms. The molecule has 0 amide bonds. The molecule has 102 valence electrons. The van der Waals surface area contributed by atoms with Crippen molar-refractivity contribution in [3.63, 3.8) is 0 Å². The maximum Gasteiger partial charge on any atom is 0.226 e. The first kappa shape index (κ1) is 13.3. The van der Waals surface area contributed by atoms with E-state index in [0.717, 1.165) is 11.5 Å². The van der Waals surface area contributed by atoms with Gasteiger partial charge >= 0.3 is 0 Å². The highest BCUT2D eigenvalue weighted by Crippen LogP contribution is 2.18. The van der Waals surface area contributed by atoms with Crippen molar-refractivity contribution in [1.29, 1.82) is 0 Å². The minimum absolute atomic E-state index is 0.107. The van der Waals surface area contributed by atoms with Gasteiger partial charge in [-0.05, 0) is 27.7 Å². The molecular formula is C13H18N4O2. The first-order valence-corrected chi connectivity index (χ1v) is 6.26. The van der Waals surface area contributed by atoms with Gasteiger partial charge in [-0.15, -0.1) is 0 Å². The second-order valence-corrected chi connectivity index (χ2v) is 4.28. The van der Waals surface area contributed by atoms with Crippen LogP contribution in [0.3, 0.4) is 0 Å². The van der Waals surface area contributed by atoms with Crippen molar-refractivity contribution in [3.8, 4) is 5.88 Å². The Bertz CT molecular complexity index is 553. The molecule has 2 rings (SSSR count). The molecule has 2 aromatic heterocycles. The number of hydrogen-bond donors (Lipinski definition) is 1. The summed E-state index contributed by atoms with van der Waals surface area (Å²) in [5.74, 6) is 2.46. The molecule has 0 aromatic carbocycles. The van der Waals surface area contributed by atoms with Gasteiger partial charge in [-0.3, -0.25) is 0 Å². The van der Waals surface area contributed by atoms with Gasteiger partial charge in [0.1, 0.15) is 11.8 Å². The van der Waals surface area contributed by atoms with Gasteiger partial charge in [0.15, 0.2) is 0 Å². The van der Waals surface area contributed by atoms with Gasteiger partial charge in [0, 0.05) is 11.8 Å². The van der Waals surface area contributed by atoms with Crippen LogP contribution in [0.25, 0.3) is 0 Å². The summed E-state index contributed by atoms with van der Waals surface area (Å²) in [6.07, 6.45) is 1.69.